The van der Waals surface area contributed by atoms with Gasteiger partial charge in [-0.05, 0) is 20.8 Å². The summed E-state index contributed by atoms with van der Waals surface area (Å²) in [5.41, 5.74) is -0.623. The molecule has 1 saturated heterocycles. The Kier molecular flexibility index (Phi) is 6.39. The van der Waals surface area contributed by atoms with Crippen LogP contribution in [0.4, 0.5) is 9.18 Å². The second-order valence-corrected chi connectivity index (χ2v) is 6.02. The number of alkyl halides is 1. The summed E-state index contributed by atoms with van der Waals surface area (Å²) >= 11 is 0. The molecule has 1 heterocycles. The molecule has 0 aromatic heterocycles. The molecule has 2 atom stereocenters. The highest BCUT2D eigenvalue weighted by molar-refractivity contribution is 5.69. The fourth-order valence-corrected chi connectivity index (χ4v) is 2.04. The van der Waals surface area contributed by atoms with Crippen LogP contribution in [0.25, 0.3) is 0 Å². The number of ether oxygens (including phenoxy) is 3. The van der Waals surface area contributed by atoms with E-state index in [4.69, 9.17) is 9.47 Å². The van der Waals surface area contributed by atoms with Crippen LogP contribution < -0.4 is 0 Å². The molecule has 0 bridgehead atoms. The number of esters is 1. The van der Waals surface area contributed by atoms with E-state index in [9.17, 15) is 14.0 Å². The number of hydrogen-bond donors (Lipinski definition) is 0. The molecule has 0 unspecified atom stereocenters. The van der Waals surface area contributed by atoms with Crippen molar-refractivity contribution in [3.8, 4) is 0 Å². The number of hydrogen-bond acceptors (Lipinski definition) is 5. The zero-order valence-corrected chi connectivity index (χ0v) is 13.1. The Morgan fingerprint density at radius 2 is 2.00 bits per heavy atom. The van der Waals surface area contributed by atoms with Crippen molar-refractivity contribution in [3.05, 3.63) is 0 Å². The van der Waals surface area contributed by atoms with E-state index in [0.29, 0.717) is 0 Å². The third kappa shape index (κ3) is 6.29. The molecule has 0 aromatic rings. The SMILES string of the molecule is COC(=O)CCOC[C@@H]1C[C@H](F)CN1C(=O)OC(C)(C)C. The number of likely N-dealkylation sites (tertiary alicyclic amines) is 1. The average molecular weight is 305 g/mol. The minimum absolute atomic E-state index is 0.0138. The summed E-state index contributed by atoms with van der Waals surface area (Å²) in [7, 11) is 1.30. The molecule has 122 valence electrons. The highest BCUT2D eigenvalue weighted by atomic mass is 19.1. The first-order valence-electron chi connectivity index (χ1n) is 7.01. The Balaban J connectivity index is 2.43. The van der Waals surface area contributed by atoms with Gasteiger partial charge in [0.15, 0.2) is 0 Å². The van der Waals surface area contributed by atoms with Crippen molar-refractivity contribution in [2.75, 3.05) is 26.9 Å². The predicted molar refractivity (Wildman–Crippen MR) is 73.7 cm³/mol. The van der Waals surface area contributed by atoms with Crippen LogP contribution in [0, 0.1) is 0 Å². The van der Waals surface area contributed by atoms with E-state index in [2.05, 4.69) is 4.74 Å². The van der Waals surface area contributed by atoms with Crippen LogP contribution in [0.15, 0.2) is 0 Å². The smallest absolute Gasteiger partial charge is 0.410 e. The molecule has 1 aliphatic rings. The molecule has 0 spiro atoms. The molecule has 1 amide bonds. The Bertz CT molecular complexity index is 369. The second-order valence-electron chi connectivity index (χ2n) is 6.02. The van der Waals surface area contributed by atoms with E-state index in [1.807, 2.05) is 0 Å². The third-order valence-electron chi connectivity index (χ3n) is 2.98. The standard InChI is InChI=1S/C14H24FNO5/c1-14(2,3)21-13(18)16-8-10(15)7-11(16)9-20-6-5-12(17)19-4/h10-11H,5-9H2,1-4H3/t10-,11-/m0/s1. The minimum Gasteiger partial charge on any atom is -0.469 e. The minimum atomic E-state index is -1.08. The van der Waals surface area contributed by atoms with Crippen LogP contribution in [0.2, 0.25) is 0 Å². The molecule has 21 heavy (non-hydrogen) atoms. The van der Waals surface area contributed by atoms with E-state index >= 15 is 0 Å². The van der Waals surface area contributed by atoms with E-state index in [0.717, 1.165) is 0 Å². The fourth-order valence-electron chi connectivity index (χ4n) is 2.04. The van der Waals surface area contributed by atoms with Crippen molar-refractivity contribution in [1.82, 2.24) is 4.90 Å². The van der Waals surface area contributed by atoms with Crippen LogP contribution in [-0.2, 0) is 19.0 Å². The van der Waals surface area contributed by atoms with Gasteiger partial charge >= 0.3 is 12.1 Å². The van der Waals surface area contributed by atoms with Crippen molar-refractivity contribution in [2.45, 2.75) is 51.4 Å². The van der Waals surface area contributed by atoms with E-state index in [-0.39, 0.29) is 44.6 Å². The van der Waals surface area contributed by atoms with Gasteiger partial charge < -0.3 is 14.2 Å². The number of amides is 1. The van der Waals surface area contributed by atoms with E-state index in [1.165, 1.54) is 12.0 Å². The molecule has 1 rings (SSSR count). The summed E-state index contributed by atoms with van der Waals surface area (Å²) in [5, 5.41) is 0. The zero-order valence-electron chi connectivity index (χ0n) is 13.1. The number of rotatable bonds is 5. The lowest BCUT2D eigenvalue weighted by Gasteiger charge is -2.28. The van der Waals surface area contributed by atoms with Crippen LogP contribution in [0.1, 0.15) is 33.6 Å². The van der Waals surface area contributed by atoms with Gasteiger partial charge in [0.1, 0.15) is 11.8 Å². The Morgan fingerprint density at radius 1 is 1.33 bits per heavy atom. The molecular formula is C14H24FNO5. The van der Waals surface area contributed by atoms with Gasteiger partial charge in [0, 0.05) is 6.42 Å². The molecule has 0 saturated carbocycles. The van der Waals surface area contributed by atoms with Gasteiger partial charge in [-0.1, -0.05) is 0 Å². The summed E-state index contributed by atoms with van der Waals surface area (Å²) in [4.78, 5) is 24.3. The van der Waals surface area contributed by atoms with Gasteiger partial charge in [0.25, 0.3) is 0 Å². The summed E-state index contributed by atoms with van der Waals surface area (Å²) in [6.45, 7) is 5.65. The highest BCUT2D eigenvalue weighted by Crippen LogP contribution is 2.23. The van der Waals surface area contributed by atoms with Crippen LogP contribution in [-0.4, -0.2) is 61.6 Å². The third-order valence-corrected chi connectivity index (χ3v) is 2.98. The first-order chi connectivity index (χ1) is 9.73. The lowest BCUT2D eigenvalue weighted by atomic mass is 10.2. The maximum Gasteiger partial charge on any atom is 0.410 e. The Labute approximate surface area is 124 Å². The Morgan fingerprint density at radius 3 is 2.57 bits per heavy atom. The molecule has 7 heteroatoms. The van der Waals surface area contributed by atoms with Crippen molar-refractivity contribution >= 4 is 12.1 Å². The molecule has 0 radical (unpaired) electrons. The molecule has 0 aromatic carbocycles. The highest BCUT2D eigenvalue weighted by Gasteiger charge is 2.37. The summed E-state index contributed by atoms with van der Waals surface area (Å²) in [6, 6.07) is -0.368. The zero-order chi connectivity index (χ0) is 16.0. The maximum absolute atomic E-state index is 13.5. The predicted octanol–water partition coefficient (Wildman–Crippen LogP) is 1.91. The van der Waals surface area contributed by atoms with Crippen molar-refractivity contribution in [1.29, 1.82) is 0 Å². The summed E-state index contributed by atoms with van der Waals surface area (Å²) in [6.07, 6.45) is -1.26. The van der Waals surface area contributed by atoms with Crippen molar-refractivity contribution in [2.24, 2.45) is 0 Å². The molecule has 6 nitrogen and oxygen atoms in total. The van der Waals surface area contributed by atoms with Crippen molar-refractivity contribution in [3.63, 3.8) is 0 Å². The number of carbonyl (C=O) groups is 2. The number of nitrogens with zero attached hydrogens (tertiary/aromatic N) is 1. The first-order valence-corrected chi connectivity index (χ1v) is 7.01. The summed E-state index contributed by atoms with van der Waals surface area (Å²) in [5.74, 6) is -0.367. The van der Waals surface area contributed by atoms with Crippen LogP contribution >= 0.6 is 0 Å². The number of methoxy groups -OCH3 is 1. The molecular weight excluding hydrogens is 281 g/mol. The number of halogens is 1. The van der Waals surface area contributed by atoms with Crippen LogP contribution in [0.3, 0.4) is 0 Å². The second kappa shape index (κ2) is 7.59. The van der Waals surface area contributed by atoms with Gasteiger partial charge in [-0.15, -0.1) is 0 Å². The Hall–Kier alpha value is -1.37. The van der Waals surface area contributed by atoms with Gasteiger partial charge in [-0.25, -0.2) is 9.18 Å². The maximum atomic E-state index is 13.5. The molecule has 0 aliphatic carbocycles. The molecule has 1 aliphatic heterocycles. The molecule has 0 N–H and O–H groups in total. The van der Waals surface area contributed by atoms with Crippen molar-refractivity contribution < 1.29 is 28.2 Å². The average Bonchev–Trinajstić information content (AvgIpc) is 2.73. The topological polar surface area (TPSA) is 65.1 Å². The lowest BCUT2D eigenvalue weighted by Crippen LogP contribution is -2.42. The van der Waals surface area contributed by atoms with E-state index < -0.39 is 17.9 Å². The first kappa shape index (κ1) is 17.7. The fraction of sp³-hybridized carbons (Fsp3) is 0.857. The van der Waals surface area contributed by atoms with Gasteiger partial charge in [-0.2, -0.15) is 0 Å². The van der Waals surface area contributed by atoms with Crippen LogP contribution in [0.5, 0.6) is 0 Å². The quantitative estimate of drug-likeness (QED) is 0.573. The normalized spacial score (nSPS) is 22.2. The number of carbonyl (C=O) groups excluding carboxylic acids is 2. The summed E-state index contributed by atoms with van der Waals surface area (Å²) < 4.78 is 28.6. The largest absolute Gasteiger partial charge is 0.469 e. The van der Waals surface area contributed by atoms with Gasteiger partial charge in [0.05, 0.1) is 39.3 Å². The van der Waals surface area contributed by atoms with Gasteiger partial charge in [-0.3, -0.25) is 9.69 Å². The molecule has 1 fully saturated rings. The van der Waals surface area contributed by atoms with E-state index in [1.54, 1.807) is 20.8 Å². The monoisotopic (exact) mass is 305 g/mol. The van der Waals surface area contributed by atoms with Gasteiger partial charge in [0.2, 0.25) is 0 Å². The lowest BCUT2D eigenvalue weighted by molar-refractivity contribution is -0.141.